The van der Waals surface area contributed by atoms with Crippen LogP contribution in [0.1, 0.15) is 31.4 Å². The van der Waals surface area contributed by atoms with Crippen molar-refractivity contribution in [3.8, 4) is 0 Å². The van der Waals surface area contributed by atoms with E-state index in [0.717, 1.165) is 13.2 Å². The molecule has 3 heteroatoms. The van der Waals surface area contributed by atoms with Crippen LogP contribution in [-0.4, -0.2) is 26.3 Å². The first-order valence-electron chi connectivity index (χ1n) is 6.33. The second-order valence-electron chi connectivity index (χ2n) is 4.80. The first-order chi connectivity index (χ1) is 8.22. The zero-order valence-electron chi connectivity index (χ0n) is 10.7. The van der Waals surface area contributed by atoms with Gasteiger partial charge in [-0.05, 0) is 37.5 Å². The minimum absolute atomic E-state index is 0.109. The van der Waals surface area contributed by atoms with E-state index in [2.05, 4.69) is 29.2 Å². The van der Waals surface area contributed by atoms with Gasteiger partial charge in [0.25, 0.3) is 0 Å². The van der Waals surface area contributed by atoms with Crippen LogP contribution in [0.4, 0.5) is 5.69 Å². The Hall–Kier alpha value is -1.06. The van der Waals surface area contributed by atoms with Crippen LogP contribution in [0.15, 0.2) is 24.3 Å². The van der Waals surface area contributed by atoms with Crippen molar-refractivity contribution >= 4 is 5.69 Å². The molecule has 0 aromatic heterocycles. The van der Waals surface area contributed by atoms with Crippen molar-refractivity contribution < 1.29 is 4.74 Å². The summed E-state index contributed by atoms with van der Waals surface area (Å²) in [5.41, 5.74) is 8.34. The highest BCUT2D eigenvalue weighted by molar-refractivity contribution is 5.50. The van der Waals surface area contributed by atoms with Crippen molar-refractivity contribution in [2.45, 2.75) is 31.8 Å². The summed E-state index contributed by atoms with van der Waals surface area (Å²) in [7, 11) is 1.75. The van der Waals surface area contributed by atoms with Crippen LogP contribution in [0.25, 0.3) is 0 Å². The fraction of sp³-hybridized carbons (Fsp3) is 0.571. The second-order valence-corrected chi connectivity index (χ2v) is 4.80. The lowest BCUT2D eigenvalue weighted by Crippen LogP contribution is -2.29. The normalized spacial score (nSPS) is 16.9. The average molecular weight is 234 g/mol. The summed E-state index contributed by atoms with van der Waals surface area (Å²) in [6.45, 7) is 3.77. The van der Waals surface area contributed by atoms with Gasteiger partial charge in [-0.15, -0.1) is 0 Å². The number of ether oxygens (including phenoxy) is 1. The summed E-state index contributed by atoms with van der Waals surface area (Å²) in [5.74, 6) is 0. The molecule has 2 rings (SSSR count). The monoisotopic (exact) mass is 234 g/mol. The van der Waals surface area contributed by atoms with E-state index in [1.54, 1.807) is 7.11 Å². The number of nitrogens with zero attached hydrogens (tertiary/aromatic N) is 1. The van der Waals surface area contributed by atoms with E-state index >= 15 is 0 Å². The van der Waals surface area contributed by atoms with Gasteiger partial charge < -0.3 is 15.4 Å². The highest BCUT2D eigenvalue weighted by Crippen LogP contribution is 2.31. The third kappa shape index (κ3) is 3.20. The number of hydrogen-bond donors (Lipinski definition) is 1. The Morgan fingerprint density at radius 1 is 1.35 bits per heavy atom. The molecule has 0 saturated heterocycles. The summed E-state index contributed by atoms with van der Waals surface area (Å²) in [5, 5.41) is 0. The van der Waals surface area contributed by atoms with E-state index in [1.807, 2.05) is 6.92 Å². The highest BCUT2D eigenvalue weighted by atomic mass is 16.5. The van der Waals surface area contributed by atoms with E-state index in [-0.39, 0.29) is 6.04 Å². The quantitative estimate of drug-likeness (QED) is 0.821. The topological polar surface area (TPSA) is 38.5 Å². The summed E-state index contributed by atoms with van der Waals surface area (Å²) in [6.07, 6.45) is 2.61. The molecule has 3 nitrogen and oxygen atoms in total. The maximum Gasteiger partial charge on any atom is 0.0637 e. The van der Waals surface area contributed by atoms with Crippen molar-refractivity contribution in [3.05, 3.63) is 29.8 Å². The zero-order chi connectivity index (χ0) is 12.3. The fourth-order valence-corrected chi connectivity index (χ4v) is 2.07. The van der Waals surface area contributed by atoms with Crippen LogP contribution in [0.3, 0.4) is 0 Å². The van der Waals surface area contributed by atoms with Crippen molar-refractivity contribution in [2.24, 2.45) is 5.73 Å². The molecule has 1 aromatic carbocycles. The Labute approximate surface area is 104 Å². The van der Waals surface area contributed by atoms with Crippen molar-refractivity contribution in [1.82, 2.24) is 0 Å². The molecule has 0 heterocycles. The van der Waals surface area contributed by atoms with Gasteiger partial charge in [-0.3, -0.25) is 0 Å². The molecule has 1 aromatic rings. The van der Waals surface area contributed by atoms with E-state index < -0.39 is 0 Å². The lowest BCUT2D eigenvalue weighted by molar-refractivity contribution is 0.205. The number of hydrogen-bond acceptors (Lipinski definition) is 3. The summed E-state index contributed by atoms with van der Waals surface area (Å²) in [4.78, 5) is 2.44. The Morgan fingerprint density at radius 3 is 2.47 bits per heavy atom. The molecule has 94 valence electrons. The number of anilines is 1. The lowest BCUT2D eigenvalue weighted by Gasteiger charge is -2.24. The molecule has 0 radical (unpaired) electrons. The summed E-state index contributed by atoms with van der Waals surface area (Å²) >= 11 is 0. The average Bonchev–Trinajstić information content (AvgIpc) is 3.14. The predicted molar refractivity (Wildman–Crippen MR) is 71.3 cm³/mol. The van der Waals surface area contributed by atoms with Gasteiger partial charge in [0.1, 0.15) is 0 Å². The number of nitrogens with two attached hydrogens (primary N) is 1. The maximum absolute atomic E-state index is 5.86. The Kier molecular flexibility index (Phi) is 4.02. The van der Waals surface area contributed by atoms with Gasteiger partial charge in [-0.25, -0.2) is 0 Å². The predicted octanol–water partition coefficient (Wildman–Crippen LogP) is 2.32. The fourth-order valence-electron chi connectivity index (χ4n) is 2.07. The van der Waals surface area contributed by atoms with E-state index in [4.69, 9.17) is 10.5 Å². The van der Waals surface area contributed by atoms with Crippen molar-refractivity contribution in [1.29, 1.82) is 0 Å². The molecule has 2 N–H and O–H groups in total. The Bertz CT molecular complexity index is 344. The molecule has 1 atom stereocenters. The van der Waals surface area contributed by atoms with Crippen LogP contribution >= 0.6 is 0 Å². The van der Waals surface area contributed by atoms with Gasteiger partial charge in [0.05, 0.1) is 6.61 Å². The van der Waals surface area contributed by atoms with E-state index in [9.17, 15) is 0 Å². The zero-order valence-corrected chi connectivity index (χ0v) is 10.7. The molecule has 1 fully saturated rings. The van der Waals surface area contributed by atoms with Crippen LogP contribution in [0, 0.1) is 0 Å². The third-order valence-corrected chi connectivity index (χ3v) is 3.27. The van der Waals surface area contributed by atoms with Gasteiger partial charge in [0.2, 0.25) is 0 Å². The van der Waals surface area contributed by atoms with Gasteiger partial charge in [0, 0.05) is 31.4 Å². The first-order valence-corrected chi connectivity index (χ1v) is 6.33. The molecular formula is C14H22N2O. The SMILES string of the molecule is COCCN(c1ccc([C@@H](C)N)cc1)C1CC1. The third-order valence-electron chi connectivity index (χ3n) is 3.27. The highest BCUT2D eigenvalue weighted by Gasteiger charge is 2.28. The molecule has 1 aliphatic rings. The summed E-state index contributed by atoms with van der Waals surface area (Å²) in [6, 6.07) is 9.42. The van der Waals surface area contributed by atoms with Crippen LogP contribution in [0.5, 0.6) is 0 Å². The summed E-state index contributed by atoms with van der Waals surface area (Å²) < 4.78 is 5.17. The van der Waals surface area contributed by atoms with Crippen LogP contribution in [0.2, 0.25) is 0 Å². The minimum Gasteiger partial charge on any atom is -0.383 e. The standard InChI is InChI=1S/C14H22N2O/c1-11(15)12-3-5-13(6-4-12)16(9-10-17-2)14-7-8-14/h3-6,11,14H,7-10,15H2,1-2H3/t11-/m1/s1. The van der Waals surface area contributed by atoms with Gasteiger partial charge in [-0.1, -0.05) is 12.1 Å². The number of rotatable bonds is 6. The number of methoxy groups -OCH3 is 1. The van der Waals surface area contributed by atoms with Gasteiger partial charge in [0.15, 0.2) is 0 Å². The molecule has 0 amide bonds. The van der Waals surface area contributed by atoms with Gasteiger partial charge >= 0.3 is 0 Å². The molecule has 0 spiro atoms. The molecule has 1 saturated carbocycles. The molecule has 1 aliphatic carbocycles. The number of benzene rings is 1. The second kappa shape index (κ2) is 5.52. The molecule has 17 heavy (non-hydrogen) atoms. The van der Waals surface area contributed by atoms with Crippen molar-refractivity contribution in [2.75, 3.05) is 25.2 Å². The molecule has 0 unspecified atom stereocenters. The maximum atomic E-state index is 5.86. The Morgan fingerprint density at radius 2 is 2.00 bits per heavy atom. The first kappa shape index (κ1) is 12.4. The lowest BCUT2D eigenvalue weighted by atomic mass is 10.1. The van der Waals surface area contributed by atoms with Crippen LogP contribution < -0.4 is 10.6 Å². The van der Waals surface area contributed by atoms with E-state index in [1.165, 1.54) is 24.1 Å². The largest absolute Gasteiger partial charge is 0.383 e. The smallest absolute Gasteiger partial charge is 0.0637 e. The molecular weight excluding hydrogens is 212 g/mol. The molecule has 0 bridgehead atoms. The van der Waals surface area contributed by atoms with Crippen LogP contribution in [-0.2, 0) is 4.74 Å². The molecule has 0 aliphatic heterocycles. The van der Waals surface area contributed by atoms with E-state index in [0.29, 0.717) is 6.04 Å². The minimum atomic E-state index is 0.109. The van der Waals surface area contributed by atoms with Gasteiger partial charge in [-0.2, -0.15) is 0 Å². The Balaban J connectivity index is 2.07. The van der Waals surface area contributed by atoms with Crippen molar-refractivity contribution in [3.63, 3.8) is 0 Å².